The molecule has 0 radical (unpaired) electrons. The van der Waals surface area contributed by atoms with E-state index in [1.165, 1.54) is 4.90 Å². The summed E-state index contributed by atoms with van der Waals surface area (Å²) in [7, 11) is 1.58. The van der Waals surface area contributed by atoms with Crippen molar-refractivity contribution in [1.29, 1.82) is 0 Å². The lowest BCUT2D eigenvalue weighted by molar-refractivity contribution is -0.137. The number of benzene rings is 1. The van der Waals surface area contributed by atoms with E-state index in [2.05, 4.69) is 11.2 Å². The number of rotatable bonds is 5. The number of hydrogen-bond donors (Lipinski definition) is 1. The van der Waals surface area contributed by atoms with Gasteiger partial charge in [0.2, 0.25) is 0 Å². The zero-order valence-corrected chi connectivity index (χ0v) is 13.8. The van der Waals surface area contributed by atoms with Crippen LogP contribution in [0, 0.1) is 20.8 Å². The smallest absolute Gasteiger partial charge is 0.305 e. The Bertz CT molecular complexity index is 729. The molecule has 1 aromatic carbocycles. The van der Waals surface area contributed by atoms with Crippen molar-refractivity contribution in [3.8, 4) is 5.69 Å². The van der Waals surface area contributed by atoms with Gasteiger partial charge in [0, 0.05) is 19.3 Å². The Morgan fingerprint density at radius 3 is 2.30 bits per heavy atom. The van der Waals surface area contributed by atoms with Crippen LogP contribution in [-0.2, 0) is 4.79 Å². The van der Waals surface area contributed by atoms with Crippen molar-refractivity contribution in [2.75, 3.05) is 13.6 Å². The van der Waals surface area contributed by atoms with Crippen LogP contribution in [0.3, 0.4) is 0 Å². The number of carbonyl (C=O) groups is 2. The standard InChI is InChI=1S/C17H21N3O3/c1-11-7-12(2)9-14(8-11)20-13(3)10-15(18-20)17(23)19(4)6-5-16(21)22/h7-10H,5-6H2,1-4H3,(H,21,22). The molecule has 1 aromatic heterocycles. The fourth-order valence-corrected chi connectivity index (χ4v) is 2.47. The van der Waals surface area contributed by atoms with E-state index in [4.69, 9.17) is 5.11 Å². The molecule has 6 nitrogen and oxygen atoms in total. The second-order valence-corrected chi connectivity index (χ2v) is 5.80. The van der Waals surface area contributed by atoms with Crippen molar-refractivity contribution >= 4 is 11.9 Å². The second-order valence-electron chi connectivity index (χ2n) is 5.80. The van der Waals surface area contributed by atoms with Crippen LogP contribution in [0.15, 0.2) is 24.3 Å². The van der Waals surface area contributed by atoms with Crippen LogP contribution in [0.5, 0.6) is 0 Å². The molecule has 0 aliphatic heterocycles. The van der Waals surface area contributed by atoms with Crippen molar-refractivity contribution < 1.29 is 14.7 Å². The quantitative estimate of drug-likeness (QED) is 0.919. The maximum absolute atomic E-state index is 12.3. The van der Waals surface area contributed by atoms with Gasteiger partial charge in [0.15, 0.2) is 5.69 Å². The molecule has 1 heterocycles. The number of nitrogens with zero attached hydrogens (tertiary/aromatic N) is 3. The Hall–Kier alpha value is -2.63. The lowest BCUT2D eigenvalue weighted by Gasteiger charge is -2.14. The minimum Gasteiger partial charge on any atom is -0.481 e. The van der Waals surface area contributed by atoms with E-state index >= 15 is 0 Å². The highest BCUT2D eigenvalue weighted by atomic mass is 16.4. The summed E-state index contributed by atoms with van der Waals surface area (Å²) in [6.45, 7) is 6.07. The molecule has 1 amide bonds. The molecule has 0 aliphatic rings. The first kappa shape index (κ1) is 16.7. The fourth-order valence-electron chi connectivity index (χ4n) is 2.47. The molecule has 6 heteroatoms. The minimum absolute atomic E-state index is 0.0843. The largest absolute Gasteiger partial charge is 0.481 e. The molecule has 2 aromatic rings. The van der Waals surface area contributed by atoms with Crippen molar-refractivity contribution in [3.63, 3.8) is 0 Å². The minimum atomic E-state index is -0.929. The number of carbonyl (C=O) groups excluding carboxylic acids is 1. The average molecular weight is 315 g/mol. The topological polar surface area (TPSA) is 75.4 Å². The highest BCUT2D eigenvalue weighted by molar-refractivity contribution is 5.92. The van der Waals surface area contributed by atoms with Gasteiger partial charge in [-0.15, -0.1) is 0 Å². The Morgan fingerprint density at radius 1 is 1.13 bits per heavy atom. The van der Waals surface area contributed by atoms with Gasteiger partial charge in [-0.2, -0.15) is 5.10 Å². The normalized spacial score (nSPS) is 10.6. The molecule has 0 unspecified atom stereocenters. The summed E-state index contributed by atoms with van der Waals surface area (Å²) in [5, 5.41) is 13.1. The highest BCUT2D eigenvalue weighted by Gasteiger charge is 2.18. The van der Waals surface area contributed by atoms with Gasteiger partial charge >= 0.3 is 5.97 Å². The fraction of sp³-hybridized carbons (Fsp3) is 0.353. The maximum atomic E-state index is 12.3. The van der Waals surface area contributed by atoms with E-state index in [0.29, 0.717) is 5.69 Å². The van der Waals surface area contributed by atoms with E-state index in [1.54, 1.807) is 17.8 Å². The van der Waals surface area contributed by atoms with Crippen LogP contribution in [0.4, 0.5) is 0 Å². The lowest BCUT2D eigenvalue weighted by Crippen LogP contribution is -2.29. The van der Waals surface area contributed by atoms with Crippen LogP contribution in [0.2, 0.25) is 0 Å². The highest BCUT2D eigenvalue weighted by Crippen LogP contribution is 2.16. The summed E-state index contributed by atoms with van der Waals surface area (Å²) < 4.78 is 1.73. The van der Waals surface area contributed by atoms with Gasteiger partial charge < -0.3 is 10.0 Å². The van der Waals surface area contributed by atoms with E-state index in [1.807, 2.05) is 32.9 Å². The zero-order chi connectivity index (χ0) is 17.1. The Balaban J connectivity index is 2.27. The summed E-state index contributed by atoms with van der Waals surface area (Å²) in [4.78, 5) is 24.3. The summed E-state index contributed by atoms with van der Waals surface area (Å²) >= 11 is 0. The molecule has 0 saturated carbocycles. The molecule has 1 N–H and O–H groups in total. The van der Waals surface area contributed by atoms with Crippen LogP contribution in [-0.4, -0.2) is 45.3 Å². The maximum Gasteiger partial charge on any atom is 0.305 e. The first-order chi connectivity index (χ1) is 10.8. The summed E-state index contributed by atoms with van der Waals surface area (Å²) in [6, 6.07) is 7.82. The van der Waals surface area contributed by atoms with Gasteiger partial charge in [-0.25, -0.2) is 4.68 Å². The van der Waals surface area contributed by atoms with Gasteiger partial charge in [0.25, 0.3) is 5.91 Å². The third kappa shape index (κ3) is 3.97. The average Bonchev–Trinajstić information content (AvgIpc) is 2.84. The van der Waals surface area contributed by atoms with Crippen LogP contribution in [0.1, 0.15) is 33.7 Å². The molecule has 0 aliphatic carbocycles. The molecule has 0 atom stereocenters. The van der Waals surface area contributed by atoms with Gasteiger partial charge in [0.1, 0.15) is 0 Å². The Kier molecular flexibility index (Phi) is 4.83. The van der Waals surface area contributed by atoms with E-state index in [-0.39, 0.29) is 18.9 Å². The molecule has 0 spiro atoms. The van der Waals surface area contributed by atoms with E-state index in [0.717, 1.165) is 22.5 Å². The number of carboxylic acids is 1. The first-order valence-electron chi connectivity index (χ1n) is 7.40. The summed E-state index contributed by atoms with van der Waals surface area (Å²) in [5.74, 6) is -1.21. The van der Waals surface area contributed by atoms with Crippen molar-refractivity contribution in [3.05, 3.63) is 46.8 Å². The van der Waals surface area contributed by atoms with E-state index < -0.39 is 5.97 Å². The van der Waals surface area contributed by atoms with Gasteiger partial charge in [-0.05, 0) is 50.1 Å². The summed E-state index contributed by atoms with van der Waals surface area (Å²) in [6.07, 6.45) is -0.0843. The predicted octanol–water partition coefficient (Wildman–Crippen LogP) is 2.34. The van der Waals surface area contributed by atoms with Crippen molar-refractivity contribution in [1.82, 2.24) is 14.7 Å². The van der Waals surface area contributed by atoms with Crippen LogP contribution < -0.4 is 0 Å². The molecular weight excluding hydrogens is 294 g/mol. The first-order valence-corrected chi connectivity index (χ1v) is 7.40. The van der Waals surface area contributed by atoms with Crippen LogP contribution in [0.25, 0.3) is 5.69 Å². The van der Waals surface area contributed by atoms with Crippen molar-refractivity contribution in [2.45, 2.75) is 27.2 Å². The Morgan fingerprint density at radius 2 is 1.74 bits per heavy atom. The molecule has 122 valence electrons. The van der Waals surface area contributed by atoms with E-state index in [9.17, 15) is 9.59 Å². The molecule has 0 fully saturated rings. The number of aryl methyl sites for hydroxylation is 3. The number of hydrogen-bond acceptors (Lipinski definition) is 3. The number of aliphatic carboxylic acids is 1. The molecule has 0 bridgehead atoms. The monoisotopic (exact) mass is 315 g/mol. The van der Waals surface area contributed by atoms with Gasteiger partial charge in [-0.3, -0.25) is 9.59 Å². The summed E-state index contributed by atoms with van der Waals surface area (Å²) in [5.41, 5.74) is 4.33. The predicted molar refractivity (Wildman–Crippen MR) is 87.0 cm³/mol. The SMILES string of the molecule is Cc1cc(C)cc(-n2nc(C(=O)N(C)CCC(=O)O)cc2C)c1. The van der Waals surface area contributed by atoms with Gasteiger partial charge in [-0.1, -0.05) is 6.07 Å². The number of aromatic nitrogens is 2. The van der Waals surface area contributed by atoms with Gasteiger partial charge in [0.05, 0.1) is 12.1 Å². The molecule has 23 heavy (non-hydrogen) atoms. The van der Waals surface area contributed by atoms with Crippen LogP contribution >= 0.6 is 0 Å². The lowest BCUT2D eigenvalue weighted by atomic mass is 10.1. The third-order valence-corrected chi connectivity index (χ3v) is 3.57. The number of carboxylic acid groups (broad SMARTS) is 1. The Labute approximate surface area is 135 Å². The molecule has 0 saturated heterocycles. The molecular formula is C17H21N3O3. The third-order valence-electron chi connectivity index (χ3n) is 3.57. The molecule has 2 rings (SSSR count). The van der Waals surface area contributed by atoms with Crippen molar-refractivity contribution in [2.24, 2.45) is 0 Å². The zero-order valence-electron chi connectivity index (χ0n) is 13.8. The second kappa shape index (κ2) is 6.64. The number of amides is 1.